The van der Waals surface area contributed by atoms with Gasteiger partial charge in [-0.2, -0.15) is 0 Å². The van der Waals surface area contributed by atoms with Crippen LogP contribution in [0.25, 0.3) is 0 Å². The zero-order chi connectivity index (χ0) is 26.8. The van der Waals surface area contributed by atoms with Gasteiger partial charge in [-0.1, -0.05) is 39.3 Å². The van der Waals surface area contributed by atoms with Gasteiger partial charge in [0.2, 0.25) is 17.7 Å². The molecule has 3 aliphatic rings. The largest absolute Gasteiger partial charge is 0.394 e. The number of hydrogen-bond donors (Lipinski definition) is 1. The molecule has 0 aromatic carbocycles. The SMILES string of the molecule is C=CCN(CCC)C(=O)[C@@H]1[C@H]2C(=O)N([C@H](C)CO)C(C(=O)N(CC=C)C(C)CCC)C23S[C@@H]1CC3C. The van der Waals surface area contributed by atoms with Crippen LogP contribution >= 0.6 is 11.8 Å². The van der Waals surface area contributed by atoms with Crippen LogP contribution < -0.4 is 0 Å². The Hall–Kier alpha value is -1.80. The Kier molecular flexibility index (Phi) is 9.36. The van der Waals surface area contributed by atoms with Crippen molar-refractivity contribution >= 4 is 29.5 Å². The van der Waals surface area contributed by atoms with Crippen LogP contribution in [0.5, 0.6) is 0 Å². The van der Waals surface area contributed by atoms with Crippen molar-refractivity contribution < 1.29 is 19.5 Å². The molecule has 3 heterocycles. The summed E-state index contributed by atoms with van der Waals surface area (Å²) in [5.41, 5.74) is 0. The highest BCUT2D eigenvalue weighted by atomic mass is 32.2. The van der Waals surface area contributed by atoms with Crippen molar-refractivity contribution in [1.29, 1.82) is 0 Å². The fraction of sp³-hybridized carbons (Fsp3) is 0.750. The van der Waals surface area contributed by atoms with Gasteiger partial charge in [0.1, 0.15) is 6.04 Å². The lowest BCUT2D eigenvalue weighted by Crippen LogP contribution is -2.60. The maximum atomic E-state index is 14.4. The van der Waals surface area contributed by atoms with Crippen LogP contribution in [0, 0.1) is 17.8 Å². The Bertz CT molecular complexity index is 866. The van der Waals surface area contributed by atoms with Gasteiger partial charge in [-0.25, -0.2) is 0 Å². The first kappa shape index (κ1) is 28.8. The van der Waals surface area contributed by atoms with Crippen molar-refractivity contribution in [2.24, 2.45) is 17.8 Å². The monoisotopic (exact) mass is 519 g/mol. The summed E-state index contributed by atoms with van der Waals surface area (Å²) in [5, 5.41) is 10.1. The highest BCUT2D eigenvalue weighted by Gasteiger charge is 2.76. The zero-order valence-corrected chi connectivity index (χ0v) is 23.5. The van der Waals surface area contributed by atoms with E-state index < -0.39 is 28.7 Å². The van der Waals surface area contributed by atoms with E-state index >= 15 is 0 Å². The number of carbonyl (C=O) groups is 3. The van der Waals surface area contributed by atoms with Crippen LogP contribution in [-0.2, 0) is 14.4 Å². The maximum absolute atomic E-state index is 14.4. The molecule has 7 nitrogen and oxygen atoms in total. The average molecular weight is 520 g/mol. The topological polar surface area (TPSA) is 81.2 Å². The molecular weight excluding hydrogens is 474 g/mol. The summed E-state index contributed by atoms with van der Waals surface area (Å²) in [6, 6.07) is -1.22. The molecule has 3 rings (SSSR count). The first-order valence-corrected chi connectivity index (χ1v) is 14.5. The van der Waals surface area contributed by atoms with E-state index in [0.29, 0.717) is 19.6 Å². The zero-order valence-electron chi connectivity index (χ0n) is 22.7. The quantitative estimate of drug-likeness (QED) is 0.378. The molecule has 0 radical (unpaired) electrons. The summed E-state index contributed by atoms with van der Waals surface area (Å²) in [4.78, 5) is 47.8. The van der Waals surface area contributed by atoms with Crippen LogP contribution in [-0.4, -0.2) is 91.9 Å². The van der Waals surface area contributed by atoms with Crippen LogP contribution in [0.4, 0.5) is 0 Å². The second-order valence-electron chi connectivity index (χ2n) is 10.8. The number of nitrogens with zero attached hydrogens (tertiary/aromatic N) is 3. The molecule has 8 atom stereocenters. The van der Waals surface area contributed by atoms with E-state index in [4.69, 9.17) is 0 Å². The lowest BCUT2D eigenvalue weighted by molar-refractivity contribution is -0.147. The molecule has 202 valence electrons. The predicted octanol–water partition coefficient (Wildman–Crippen LogP) is 3.33. The normalized spacial score (nSPS) is 32.2. The van der Waals surface area contributed by atoms with Gasteiger partial charge in [0.05, 0.1) is 29.2 Å². The number of aliphatic hydroxyl groups is 1. The number of hydrogen-bond acceptors (Lipinski definition) is 5. The lowest BCUT2D eigenvalue weighted by Gasteiger charge is -2.43. The summed E-state index contributed by atoms with van der Waals surface area (Å²) in [6.45, 7) is 19.0. The molecule has 0 saturated carbocycles. The molecule has 3 saturated heterocycles. The number of rotatable bonds is 13. The number of carbonyl (C=O) groups excluding carboxylic acids is 3. The van der Waals surface area contributed by atoms with Crippen molar-refractivity contribution in [3.8, 4) is 0 Å². The van der Waals surface area contributed by atoms with E-state index in [1.165, 1.54) is 0 Å². The van der Waals surface area contributed by atoms with Gasteiger partial charge in [0.25, 0.3) is 0 Å². The molecule has 4 unspecified atom stereocenters. The van der Waals surface area contributed by atoms with Crippen LogP contribution in [0.15, 0.2) is 25.3 Å². The molecule has 0 aromatic rings. The van der Waals surface area contributed by atoms with E-state index in [2.05, 4.69) is 27.0 Å². The molecular formula is C28H45N3O4S. The van der Waals surface area contributed by atoms with Crippen molar-refractivity contribution in [3.05, 3.63) is 25.3 Å². The summed E-state index contributed by atoms with van der Waals surface area (Å²) >= 11 is 1.69. The Morgan fingerprint density at radius 3 is 2.42 bits per heavy atom. The Morgan fingerprint density at radius 1 is 1.19 bits per heavy atom. The van der Waals surface area contributed by atoms with Gasteiger partial charge in [-0.15, -0.1) is 24.9 Å². The summed E-state index contributed by atoms with van der Waals surface area (Å²) in [5.74, 6) is -1.18. The highest BCUT2D eigenvalue weighted by Crippen LogP contribution is 2.69. The van der Waals surface area contributed by atoms with Gasteiger partial charge in [0, 0.05) is 30.9 Å². The maximum Gasteiger partial charge on any atom is 0.247 e. The minimum atomic E-state index is -0.710. The first-order valence-electron chi connectivity index (χ1n) is 13.6. The van der Waals surface area contributed by atoms with E-state index in [0.717, 1.165) is 25.7 Å². The van der Waals surface area contributed by atoms with Gasteiger partial charge in [-0.3, -0.25) is 14.4 Å². The molecule has 1 spiro atoms. The lowest BCUT2D eigenvalue weighted by atomic mass is 9.65. The third kappa shape index (κ3) is 4.53. The Labute approximate surface area is 221 Å². The predicted molar refractivity (Wildman–Crippen MR) is 145 cm³/mol. The highest BCUT2D eigenvalue weighted by molar-refractivity contribution is 8.02. The standard InChI is InChI=1S/C28H45N3O4S/c1-8-12-19(6)30(15-11-4)27(35)24-28-18(5)16-21(36-28)22(25(33)29(13-9-2)14-10-3)23(28)26(34)31(24)20(7)17-32/h9,11,18-24,32H,2,4,8,10,12-17H2,1,3,5-7H3/t18?,19?,20-,21-,22+,23+,24?,28?/m1/s1. The van der Waals surface area contributed by atoms with Crippen molar-refractivity contribution in [3.63, 3.8) is 0 Å². The van der Waals surface area contributed by atoms with Crippen molar-refractivity contribution in [1.82, 2.24) is 14.7 Å². The molecule has 0 aliphatic carbocycles. The van der Waals surface area contributed by atoms with Crippen molar-refractivity contribution in [2.45, 2.75) is 88.4 Å². The summed E-state index contributed by atoms with van der Waals surface area (Å²) < 4.78 is -0.681. The van der Waals surface area contributed by atoms with Gasteiger partial charge >= 0.3 is 0 Å². The number of thioether (sulfide) groups is 1. The molecule has 3 aliphatic heterocycles. The van der Waals surface area contributed by atoms with Crippen LogP contribution in [0.3, 0.4) is 0 Å². The van der Waals surface area contributed by atoms with Gasteiger partial charge < -0.3 is 19.8 Å². The molecule has 36 heavy (non-hydrogen) atoms. The minimum Gasteiger partial charge on any atom is -0.394 e. The molecule has 3 amide bonds. The molecule has 2 bridgehead atoms. The van der Waals surface area contributed by atoms with Gasteiger partial charge in [0.15, 0.2) is 0 Å². The Morgan fingerprint density at radius 2 is 1.86 bits per heavy atom. The fourth-order valence-corrected chi connectivity index (χ4v) is 9.26. The number of likely N-dealkylation sites (tertiary alicyclic amines) is 1. The molecule has 8 heteroatoms. The first-order chi connectivity index (χ1) is 17.2. The fourth-order valence-electron chi connectivity index (χ4n) is 6.87. The Balaban J connectivity index is 2.11. The summed E-state index contributed by atoms with van der Waals surface area (Å²) in [6.07, 6.45) is 6.89. The third-order valence-corrected chi connectivity index (χ3v) is 10.5. The van der Waals surface area contributed by atoms with E-state index in [9.17, 15) is 19.5 Å². The smallest absolute Gasteiger partial charge is 0.247 e. The average Bonchev–Trinajstić information content (AvgIpc) is 3.44. The second kappa shape index (κ2) is 11.7. The van der Waals surface area contributed by atoms with Crippen LogP contribution in [0.1, 0.15) is 60.3 Å². The van der Waals surface area contributed by atoms with Gasteiger partial charge in [-0.05, 0) is 39.0 Å². The number of aliphatic hydroxyl groups excluding tert-OH is 1. The van der Waals surface area contributed by atoms with E-state index in [1.54, 1.807) is 35.7 Å². The summed E-state index contributed by atoms with van der Waals surface area (Å²) in [7, 11) is 0. The van der Waals surface area contributed by atoms with E-state index in [1.807, 2.05) is 23.6 Å². The van der Waals surface area contributed by atoms with Crippen molar-refractivity contribution in [2.75, 3.05) is 26.2 Å². The second-order valence-corrected chi connectivity index (χ2v) is 12.4. The molecule has 3 fully saturated rings. The molecule has 0 aromatic heterocycles. The number of fused-ring (bicyclic) bond motifs is 1. The third-order valence-electron chi connectivity index (χ3n) is 8.44. The number of amides is 3. The van der Waals surface area contributed by atoms with E-state index in [-0.39, 0.29) is 41.5 Å². The van der Waals surface area contributed by atoms with Crippen LogP contribution in [0.2, 0.25) is 0 Å². The molecule has 1 N–H and O–H groups in total. The minimum absolute atomic E-state index is 0.00121.